The molecule has 0 unspecified atom stereocenters. The van der Waals surface area contributed by atoms with Gasteiger partial charge in [-0.3, -0.25) is 4.90 Å². The number of ether oxygens (including phenoxy) is 3. The van der Waals surface area contributed by atoms with Crippen LogP contribution in [0.25, 0.3) is 0 Å². The van der Waals surface area contributed by atoms with E-state index >= 15 is 0 Å². The van der Waals surface area contributed by atoms with Gasteiger partial charge in [0.25, 0.3) is 0 Å². The summed E-state index contributed by atoms with van der Waals surface area (Å²) in [5.41, 5.74) is 0. The van der Waals surface area contributed by atoms with Crippen molar-refractivity contribution in [2.45, 2.75) is 6.92 Å². The summed E-state index contributed by atoms with van der Waals surface area (Å²) in [5, 5.41) is 0. The third-order valence-corrected chi connectivity index (χ3v) is 2.18. The number of hydrogen-bond donors (Lipinski definition) is 0. The van der Waals surface area contributed by atoms with E-state index in [2.05, 4.69) is 4.90 Å². The molecule has 0 aromatic rings. The van der Waals surface area contributed by atoms with Gasteiger partial charge in [-0.1, -0.05) is 6.08 Å². The van der Waals surface area contributed by atoms with Crippen LogP contribution in [0, 0.1) is 0 Å². The average molecular weight is 245 g/mol. The normalized spacial score (nSPS) is 11.3. The predicted molar refractivity (Wildman–Crippen MR) is 66.0 cm³/mol. The molecule has 0 rings (SSSR count). The second-order valence-corrected chi connectivity index (χ2v) is 3.49. The van der Waals surface area contributed by atoms with E-state index in [0.717, 1.165) is 13.1 Å². The largest absolute Gasteiger partial charge is 0.461 e. The molecule has 0 saturated carbocycles. The summed E-state index contributed by atoms with van der Waals surface area (Å²) < 4.78 is 15.1. The lowest BCUT2D eigenvalue weighted by Gasteiger charge is -2.20. The van der Waals surface area contributed by atoms with E-state index in [1.165, 1.54) is 6.08 Å². The number of hydrogen-bond acceptors (Lipinski definition) is 5. The smallest absolute Gasteiger partial charge is 0.330 e. The van der Waals surface area contributed by atoms with Crippen molar-refractivity contribution < 1.29 is 19.0 Å². The number of nitrogens with zero attached hydrogens (tertiary/aromatic N) is 1. The molecule has 0 N–H and O–H groups in total. The Morgan fingerprint density at radius 2 is 1.59 bits per heavy atom. The third-order valence-electron chi connectivity index (χ3n) is 2.18. The lowest BCUT2D eigenvalue weighted by atomic mass is 10.4. The minimum atomic E-state index is -0.300. The fourth-order valence-electron chi connectivity index (χ4n) is 1.24. The first-order valence-electron chi connectivity index (χ1n) is 5.74. The Labute approximate surface area is 103 Å². The molecular weight excluding hydrogens is 222 g/mol. The van der Waals surface area contributed by atoms with E-state index in [-0.39, 0.29) is 5.97 Å². The van der Waals surface area contributed by atoms with Gasteiger partial charge < -0.3 is 14.2 Å². The van der Waals surface area contributed by atoms with Crippen LogP contribution in [0.2, 0.25) is 0 Å². The Bertz CT molecular complexity index is 211. The minimum Gasteiger partial charge on any atom is -0.461 e. The molecule has 0 bridgehead atoms. The number of carbonyl (C=O) groups is 1. The molecule has 0 amide bonds. The minimum absolute atomic E-state index is 0.300. The van der Waals surface area contributed by atoms with Gasteiger partial charge in [-0.2, -0.15) is 0 Å². The first kappa shape index (κ1) is 16.1. The van der Waals surface area contributed by atoms with Gasteiger partial charge >= 0.3 is 5.97 Å². The van der Waals surface area contributed by atoms with E-state index < -0.39 is 0 Å². The molecule has 0 aromatic heterocycles. The maximum absolute atomic E-state index is 11.1. The summed E-state index contributed by atoms with van der Waals surface area (Å²) in [7, 11) is 3.33. The van der Waals surface area contributed by atoms with Crippen LogP contribution in [-0.2, 0) is 19.0 Å². The zero-order chi connectivity index (χ0) is 12.9. The standard InChI is InChI=1S/C12H23NO4/c1-4-5-12(14)17-11-8-13(6-9-15-2)7-10-16-3/h4-5H,6-11H2,1-3H3/b5-4+. The third kappa shape index (κ3) is 9.99. The van der Waals surface area contributed by atoms with Crippen LogP contribution in [0.15, 0.2) is 12.2 Å². The van der Waals surface area contributed by atoms with Crippen molar-refractivity contribution in [2.24, 2.45) is 0 Å². The van der Waals surface area contributed by atoms with Crippen molar-refractivity contribution in [3.05, 3.63) is 12.2 Å². The summed E-state index contributed by atoms with van der Waals surface area (Å²) in [6.07, 6.45) is 3.07. The topological polar surface area (TPSA) is 48.0 Å². The van der Waals surface area contributed by atoms with E-state index in [1.807, 2.05) is 0 Å². The van der Waals surface area contributed by atoms with Crippen molar-refractivity contribution in [3.8, 4) is 0 Å². The highest BCUT2D eigenvalue weighted by molar-refractivity contribution is 5.81. The maximum Gasteiger partial charge on any atom is 0.330 e. The zero-order valence-electron chi connectivity index (χ0n) is 11.0. The molecule has 5 nitrogen and oxygen atoms in total. The Morgan fingerprint density at radius 1 is 1.06 bits per heavy atom. The SMILES string of the molecule is C/C=C/C(=O)OCCN(CCOC)CCOC. The molecule has 100 valence electrons. The van der Waals surface area contributed by atoms with Gasteiger partial charge in [-0.15, -0.1) is 0 Å². The van der Waals surface area contributed by atoms with Crippen molar-refractivity contribution in [2.75, 3.05) is 53.7 Å². The van der Waals surface area contributed by atoms with Gasteiger partial charge in [0.2, 0.25) is 0 Å². The van der Waals surface area contributed by atoms with Gasteiger partial charge in [0.1, 0.15) is 6.61 Å². The van der Waals surface area contributed by atoms with Gasteiger partial charge in [0.15, 0.2) is 0 Å². The summed E-state index contributed by atoms with van der Waals surface area (Å²) in [6.45, 7) is 5.79. The molecule has 17 heavy (non-hydrogen) atoms. The molecule has 0 spiro atoms. The highest BCUT2D eigenvalue weighted by atomic mass is 16.5. The second-order valence-electron chi connectivity index (χ2n) is 3.49. The zero-order valence-corrected chi connectivity index (χ0v) is 11.0. The Morgan fingerprint density at radius 3 is 2.06 bits per heavy atom. The highest BCUT2D eigenvalue weighted by Crippen LogP contribution is 1.91. The summed E-state index contributed by atoms with van der Waals surface area (Å²) in [4.78, 5) is 13.2. The fraction of sp³-hybridized carbons (Fsp3) is 0.750. The van der Waals surface area contributed by atoms with Gasteiger partial charge in [0, 0.05) is 39.9 Å². The fourth-order valence-corrected chi connectivity index (χ4v) is 1.24. The van der Waals surface area contributed by atoms with Gasteiger partial charge in [-0.25, -0.2) is 4.79 Å². The Hall–Kier alpha value is -0.910. The number of esters is 1. The maximum atomic E-state index is 11.1. The van der Waals surface area contributed by atoms with E-state index in [1.54, 1.807) is 27.2 Å². The predicted octanol–water partition coefficient (Wildman–Crippen LogP) is 0.701. The Kier molecular flexibility index (Phi) is 11.0. The molecular formula is C12H23NO4. The monoisotopic (exact) mass is 245 g/mol. The number of methoxy groups -OCH3 is 2. The first-order chi connectivity index (χ1) is 8.24. The highest BCUT2D eigenvalue weighted by Gasteiger charge is 2.05. The van der Waals surface area contributed by atoms with Crippen LogP contribution >= 0.6 is 0 Å². The van der Waals surface area contributed by atoms with Crippen LogP contribution in [0.5, 0.6) is 0 Å². The van der Waals surface area contributed by atoms with Crippen molar-refractivity contribution in [1.29, 1.82) is 0 Å². The molecule has 0 aliphatic carbocycles. The molecule has 0 aromatic carbocycles. The van der Waals surface area contributed by atoms with Crippen molar-refractivity contribution >= 4 is 5.97 Å². The molecule has 0 saturated heterocycles. The van der Waals surface area contributed by atoms with Crippen LogP contribution < -0.4 is 0 Å². The van der Waals surface area contributed by atoms with E-state index in [9.17, 15) is 4.79 Å². The van der Waals surface area contributed by atoms with E-state index in [0.29, 0.717) is 26.4 Å². The lowest BCUT2D eigenvalue weighted by molar-refractivity contribution is -0.138. The summed E-state index contributed by atoms with van der Waals surface area (Å²) in [5.74, 6) is -0.300. The number of rotatable bonds is 10. The summed E-state index contributed by atoms with van der Waals surface area (Å²) >= 11 is 0. The lowest BCUT2D eigenvalue weighted by Crippen LogP contribution is -2.34. The molecule has 0 atom stereocenters. The Balaban J connectivity index is 3.77. The van der Waals surface area contributed by atoms with Crippen LogP contribution in [0.3, 0.4) is 0 Å². The quantitative estimate of drug-likeness (QED) is 0.419. The average Bonchev–Trinajstić information content (AvgIpc) is 2.32. The van der Waals surface area contributed by atoms with Gasteiger partial charge in [-0.05, 0) is 6.92 Å². The number of carbonyl (C=O) groups excluding carboxylic acids is 1. The van der Waals surface area contributed by atoms with Crippen LogP contribution in [0.1, 0.15) is 6.92 Å². The van der Waals surface area contributed by atoms with Crippen molar-refractivity contribution in [1.82, 2.24) is 4.90 Å². The molecule has 0 aliphatic rings. The van der Waals surface area contributed by atoms with E-state index in [4.69, 9.17) is 14.2 Å². The molecule has 5 heteroatoms. The van der Waals surface area contributed by atoms with Crippen LogP contribution in [0.4, 0.5) is 0 Å². The van der Waals surface area contributed by atoms with Crippen molar-refractivity contribution in [3.63, 3.8) is 0 Å². The molecule has 0 radical (unpaired) electrons. The second kappa shape index (κ2) is 11.6. The molecule has 0 heterocycles. The number of allylic oxidation sites excluding steroid dienone is 1. The van der Waals surface area contributed by atoms with Crippen LogP contribution in [-0.4, -0.2) is 64.5 Å². The molecule has 0 fully saturated rings. The van der Waals surface area contributed by atoms with Gasteiger partial charge in [0.05, 0.1) is 13.2 Å². The molecule has 0 aliphatic heterocycles. The summed E-state index contributed by atoms with van der Waals surface area (Å²) in [6, 6.07) is 0. The first-order valence-corrected chi connectivity index (χ1v) is 5.74.